The summed E-state index contributed by atoms with van der Waals surface area (Å²) in [6.45, 7) is 0. The third-order valence-electron chi connectivity index (χ3n) is 2.74. The van der Waals surface area contributed by atoms with Gasteiger partial charge >= 0.3 is 0 Å². The molecule has 4 nitrogen and oxygen atoms in total. The van der Waals surface area contributed by atoms with Gasteiger partial charge in [0.2, 0.25) is 0 Å². The van der Waals surface area contributed by atoms with Crippen LogP contribution in [0.25, 0.3) is 17.1 Å². The predicted molar refractivity (Wildman–Crippen MR) is 79.6 cm³/mol. The van der Waals surface area contributed by atoms with Crippen LogP contribution >= 0.6 is 28.1 Å². The van der Waals surface area contributed by atoms with E-state index in [0.717, 1.165) is 10.0 Å². The molecular formula is C13H8BrFN4S. The highest BCUT2D eigenvalue weighted by Crippen LogP contribution is 2.27. The Morgan fingerprint density at radius 3 is 2.90 bits per heavy atom. The monoisotopic (exact) mass is 350 g/mol. The van der Waals surface area contributed by atoms with Crippen LogP contribution in [-0.4, -0.2) is 19.7 Å². The Morgan fingerprint density at radius 2 is 2.15 bits per heavy atom. The molecule has 0 spiro atoms. The van der Waals surface area contributed by atoms with Crippen molar-refractivity contribution in [3.8, 4) is 17.1 Å². The molecule has 2 aromatic heterocycles. The van der Waals surface area contributed by atoms with E-state index in [1.54, 1.807) is 29.1 Å². The third kappa shape index (κ3) is 2.30. The fourth-order valence-electron chi connectivity index (χ4n) is 1.87. The van der Waals surface area contributed by atoms with Crippen molar-refractivity contribution in [1.29, 1.82) is 0 Å². The lowest BCUT2D eigenvalue weighted by molar-refractivity contribution is 0.626. The Labute approximate surface area is 127 Å². The minimum absolute atomic E-state index is 0.344. The minimum Gasteiger partial charge on any atom is -0.267 e. The summed E-state index contributed by atoms with van der Waals surface area (Å²) in [7, 11) is 0. The lowest BCUT2D eigenvalue weighted by atomic mass is 10.2. The van der Waals surface area contributed by atoms with Crippen LogP contribution in [0, 0.1) is 10.6 Å². The average molecular weight is 351 g/mol. The molecule has 0 saturated carbocycles. The molecule has 3 rings (SSSR count). The number of benzene rings is 1. The van der Waals surface area contributed by atoms with Gasteiger partial charge in [-0.3, -0.25) is 14.6 Å². The van der Waals surface area contributed by atoms with Crippen LogP contribution in [0.5, 0.6) is 0 Å². The highest BCUT2D eigenvalue weighted by molar-refractivity contribution is 9.10. The molecule has 0 unspecified atom stereocenters. The summed E-state index contributed by atoms with van der Waals surface area (Å²) < 4.78 is 16.3. The van der Waals surface area contributed by atoms with Crippen molar-refractivity contribution in [3.63, 3.8) is 0 Å². The van der Waals surface area contributed by atoms with Crippen LogP contribution in [0.2, 0.25) is 0 Å². The number of hydrogen-bond acceptors (Lipinski definition) is 3. The van der Waals surface area contributed by atoms with Crippen molar-refractivity contribution in [1.82, 2.24) is 19.7 Å². The van der Waals surface area contributed by atoms with Gasteiger partial charge in [-0.25, -0.2) is 4.39 Å². The molecule has 0 aliphatic rings. The van der Waals surface area contributed by atoms with Crippen LogP contribution < -0.4 is 0 Å². The van der Waals surface area contributed by atoms with Gasteiger partial charge in [0.25, 0.3) is 0 Å². The number of nitrogens with one attached hydrogen (secondary N) is 1. The lowest BCUT2D eigenvalue weighted by Gasteiger charge is -2.09. The number of H-pyrrole nitrogens is 1. The third-order valence-corrected chi connectivity index (χ3v) is 3.69. The lowest BCUT2D eigenvalue weighted by Crippen LogP contribution is -1.99. The number of aromatic nitrogens is 4. The number of pyridine rings is 1. The molecule has 3 aromatic rings. The van der Waals surface area contributed by atoms with Gasteiger partial charge in [-0.15, -0.1) is 0 Å². The summed E-state index contributed by atoms with van der Waals surface area (Å²) in [4.78, 5) is 4.06. The van der Waals surface area contributed by atoms with Gasteiger partial charge in [0.15, 0.2) is 10.6 Å². The fraction of sp³-hybridized carbons (Fsp3) is 0. The fourth-order valence-corrected chi connectivity index (χ4v) is 2.52. The van der Waals surface area contributed by atoms with E-state index in [2.05, 4.69) is 31.1 Å². The molecule has 0 saturated heterocycles. The van der Waals surface area contributed by atoms with Crippen LogP contribution in [0.1, 0.15) is 0 Å². The quantitative estimate of drug-likeness (QED) is 0.713. The predicted octanol–water partition coefficient (Wildman–Crippen LogP) is 3.89. The maximum absolute atomic E-state index is 13.5. The number of hydrogen-bond donors (Lipinski definition) is 1. The molecule has 0 aliphatic heterocycles. The van der Waals surface area contributed by atoms with Gasteiger partial charge < -0.3 is 0 Å². The summed E-state index contributed by atoms with van der Waals surface area (Å²) in [6.07, 6.45) is 3.35. The van der Waals surface area contributed by atoms with Crippen molar-refractivity contribution in [3.05, 3.63) is 57.8 Å². The average Bonchev–Trinajstić information content (AvgIpc) is 2.84. The summed E-state index contributed by atoms with van der Waals surface area (Å²) in [5, 5.41) is 6.92. The van der Waals surface area contributed by atoms with E-state index in [4.69, 9.17) is 12.2 Å². The van der Waals surface area contributed by atoms with Crippen molar-refractivity contribution in [2.24, 2.45) is 0 Å². The summed E-state index contributed by atoms with van der Waals surface area (Å²) in [5.41, 5.74) is 1.37. The molecule has 0 radical (unpaired) electrons. The van der Waals surface area contributed by atoms with E-state index >= 15 is 0 Å². The molecule has 0 aliphatic carbocycles. The van der Waals surface area contributed by atoms with Crippen LogP contribution in [-0.2, 0) is 0 Å². The van der Waals surface area contributed by atoms with E-state index in [0.29, 0.717) is 16.3 Å². The Morgan fingerprint density at radius 1 is 1.30 bits per heavy atom. The van der Waals surface area contributed by atoms with Crippen LogP contribution in [0.15, 0.2) is 47.2 Å². The molecule has 2 heterocycles. The smallest absolute Gasteiger partial charge is 0.200 e. The standard InChI is InChI=1S/C13H8BrFN4S/c14-10-4-3-9(15)6-11(10)19-12(17-18-13(19)20)8-2-1-5-16-7-8/h1-7H,(H,18,20). The van der Waals surface area contributed by atoms with Crippen molar-refractivity contribution >= 4 is 28.1 Å². The summed E-state index contributed by atoms with van der Waals surface area (Å²) in [5.74, 6) is 0.234. The summed E-state index contributed by atoms with van der Waals surface area (Å²) in [6, 6.07) is 8.07. The van der Waals surface area contributed by atoms with E-state index in [9.17, 15) is 4.39 Å². The molecule has 20 heavy (non-hydrogen) atoms. The first kappa shape index (κ1) is 13.1. The van der Waals surface area contributed by atoms with Crippen LogP contribution in [0.4, 0.5) is 4.39 Å². The molecule has 7 heteroatoms. The van der Waals surface area contributed by atoms with Crippen molar-refractivity contribution in [2.45, 2.75) is 0 Å². The second-order valence-electron chi connectivity index (χ2n) is 4.03. The first-order chi connectivity index (χ1) is 9.66. The molecule has 0 amide bonds. The Balaban J connectivity index is 2.27. The topological polar surface area (TPSA) is 46.5 Å². The van der Waals surface area contributed by atoms with E-state index in [-0.39, 0.29) is 5.82 Å². The second kappa shape index (κ2) is 5.26. The van der Waals surface area contributed by atoms with Crippen molar-refractivity contribution < 1.29 is 4.39 Å². The molecule has 100 valence electrons. The zero-order valence-electron chi connectivity index (χ0n) is 10.0. The van der Waals surface area contributed by atoms with Gasteiger partial charge in [-0.1, -0.05) is 0 Å². The Hall–Kier alpha value is -1.86. The number of rotatable bonds is 2. The van der Waals surface area contributed by atoms with Gasteiger partial charge in [0.05, 0.1) is 5.69 Å². The highest BCUT2D eigenvalue weighted by Gasteiger charge is 2.13. The molecule has 0 bridgehead atoms. The zero-order chi connectivity index (χ0) is 14.1. The second-order valence-corrected chi connectivity index (χ2v) is 5.27. The SMILES string of the molecule is Fc1ccc(Br)c(-n2c(-c3cccnc3)n[nH]c2=S)c1. The summed E-state index contributed by atoms with van der Waals surface area (Å²) >= 11 is 8.64. The first-order valence-corrected chi connectivity index (χ1v) is 6.90. The normalized spacial score (nSPS) is 10.7. The maximum atomic E-state index is 13.5. The minimum atomic E-state index is -0.344. The molecule has 0 atom stereocenters. The Kier molecular flexibility index (Phi) is 3.45. The molecule has 1 N–H and O–H groups in total. The molecule has 1 aromatic carbocycles. The van der Waals surface area contributed by atoms with Crippen LogP contribution in [0.3, 0.4) is 0 Å². The molecule has 0 fully saturated rings. The molecular weight excluding hydrogens is 343 g/mol. The van der Waals surface area contributed by atoms with Gasteiger partial charge in [-0.2, -0.15) is 5.10 Å². The Bertz CT molecular complexity index is 813. The largest absolute Gasteiger partial charge is 0.267 e. The maximum Gasteiger partial charge on any atom is 0.200 e. The van der Waals surface area contributed by atoms with E-state index in [1.165, 1.54) is 12.1 Å². The van der Waals surface area contributed by atoms with E-state index in [1.807, 2.05) is 6.07 Å². The highest BCUT2D eigenvalue weighted by atomic mass is 79.9. The number of aromatic amines is 1. The first-order valence-electron chi connectivity index (χ1n) is 5.70. The van der Waals surface area contributed by atoms with Gasteiger partial charge in [0, 0.05) is 22.4 Å². The van der Waals surface area contributed by atoms with Gasteiger partial charge in [-0.05, 0) is 58.5 Å². The number of halogens is 2. The van der Waals surface area contributed by atoms with Crippen molar-refractivity contribution in [2.75, 3.05) is 0 Å². The number of nitrogens with zero attached hydrogens (tertiary/aromatic N) is 3. The van der Waals surface area contributed by atoms with Gasteiger partial charge in [0.1, 0.15) is 5.82 Å². The zero-order valence-corrected chi connectivity index (χ0v) is 12.4. The van der Waals surface area contributed by atoms with E-state index < -0.39 is 0 Å².